The van der Waals surface area contributed by atoms with Crippen molar-refractivity contribution < 1.29 is 13.5 Å². The van der Waals surface area contributed by atoms with Crippen molar-refractivity contribution >= 4 is 17.1 Å². The van der Waals surface area contributed by atoms with E-state index in [1.807, 2.05) is 42.7 Å². The lowest BCUT2D eigenvalue weighted by atomic mass is 10.1. The van der Waals surface area contributed by atoms with Crippen LogP contribution in [0.1, 0.15) is 50.1 Å². The molecule has 6 rings (SSSR count). The molecule has 1 atom stereocenters. The van der Waals surface area contributed by atoms with Crippen LogP contribution in [-0.2, 0) is 4.74 Å². The molecule has 1 aromatic carbocycles. The highest BCUT2D eigenvalue weighted by Crippen LogP contribution is 2.35. The summed E-state index contributed by atoms with van der Waals surface area (Å²) in [5.74, 6) is -0.959. The molecule has 0 N–H and O–H groups in total. The SMILES string of the molecule is CC.Cc1cnc2c(-c3ccc(F)cc3F)nc(N3CCO[C@@H](c4cnn(C5CC5)c4)C3)nc2n1. The zero-order chi connectivity index (χ0) is 24.5. The molecule has 1 saturated heterocycles. The standard InChI is InChI=1S/C23H21F2N7O.C2H6/c1-13-9-26-21-20(17-5-2-15(24)8-18(17)25)29-23(30-22(21)28-13)31-6-7-33-19(12-31)14-10-27-32(11-14)16-3-4-16;1-2/h2,5,8-11,16,19H,3-4,6-7,12H2,1H3;1-2H3/t19-;/m1./s1. The van der Waals surface area contributed by atoms with Gasteiger partial charge in [-0.1, -0.05) is 13.8 Å². The molecule has 2 aliphatic rings. The zero-order valence-corrected chi connectivity index (χ0v) is 19.9. The van der Waals surface area contributed by atoms with Crippen molar-refractivity contribution in [1.82, 2.24) is 29.7 Å². The van der Waals surface area contributed by atoms with Gasteiger partial charge in [-0.3, -0.25) is 4.68 Å². The minimum absolute atomic E-state index is 0.152. The second-order valence-corrected chi connectivity index (χ2v) is 8.47. The van der Waals surface area contributed by atoms with Gasteiger partial charge in [-0.15, -0.1) is 0 Å². The van der Waals surface area contributed by atoms with Gasteiger partial charge in [0.15, 0.2) is 5.65 Å². The van der Waals surface area contributed by atoms with Crippen LogP contribution < -0.4 is 4.90 Å². The zero-order valence-electron chi connectivity index (χ0n) is 19.9. The summed E-state index contributed by atoms with van der Waals surface area (Å²) in [4.78, 5) is 20.2. The number of anilines is 1. The van der Waals surface area contributed by atoms with E-state index in [2.05, 4.69) is 25.0 Å². The van der Waals surface area contributed by atoms with Gasteiger partial charge in [0.1, 0.15) is 28.9 Å². The van der Waals surface area contributed by atoms with E-state index in [0.29, 0.717) is 48.5 Å². The third-order valence-electron chi connectivity index (χ3n) is 5.97. The first-order valence-corrected chi connectivity index (χ1v) is 11.9. The summed E-state index contributed by atoms with van der Waals surface area (Å²) in [5, 5.41) is 4.47. The number of hydrogen-bond acceptors (Lipinski definition) is 7. The number of nitrogens with zero attached hydrogens (tertiary/aromatic N) is 7. The lowest BCUT2D eigenvalue weighted by Crippen LogP contribution is -2.39. The van der Waals surface area contributed by atoms with Crippen LogP contribution in [0.3, 0.4) is 0 Å². The first-order chi connectivity index (χ1) is 17.0. The molecule has 35 heavy (non-hydrogen) atoms. The minimum Gasteiger partial charge on any atom is -0.370 e. The number of fused-ring (bicyclic) bond motifs is 1. The molecule has 4 heterocycles. The molecule has 1 aliphatic carbocycles. The molecule has 0 amide bonds. The van der Waals surface area contributed by atoms with Crippen molar-refractivity contribution in [3.63, 3.8) is 0 Å². The second kappa shape index (κ2) is 9.61. The second-order valence-electron chi connectivity index (χ2n) is 8.47. The Morgan fingerprint density at radius 2 is 1.89 bits per heavy atom. The fourth-order valence-electron chi connectivity index (χ4n) is 4.08. The fourth-order valence-corrected chi connectivity index (χ4v) is 4.08. The van der Waals surface area contributed by atoms with E-state index in [0.717, 1.165) is 24.5 Å². The maximum atomic E-state index is 14.7. The van der Waals surface area contributed by atoms with E-state index in [1.165, 1.54) is 12.1 Å². The Hall–Kier alpha value is -3.53. The number of hydrogen-bond donors (Lipinski definition) is 0. The number of aryl methyl sites for hydroxylation is 1. The summed E-state index contributed by atoms with van der Waals surface area (Å²) >= 11 is 0. The van der Waals surface area contributed by atoms with Gasteiger partial charge in [0.05, 0.1) is 31.1 Å². The van der Waals surface area contributed by atoms with Crippen LogP contribution in [0.2, 0.25) is 0 Å². The van der Waals surface area contributed by atoms with Crippen molar-refractivity contribution in [2.45, 2.75) is 45.8 Å². The normalized spacial score (nSPS) is 17.9. The molecule has 3 aromatic heterocycles. The van der Waals surface area contributed by atoms with Crippen LogP contribution in [0.15, 0.2) is 36.8 Å². The minimum atomic E-state index is -0.712. The highest BCUT2D eigenvalue weighted by molar-refractivity contribution is 5.88. The highest BCUT2D eigenvalue weighted by atomic mass is 19.1. The maximum absolute atomic E-state index is 14.7. The molecule has 0 bridgehead atoms. The Morgan fingerprint density at radius 1 is 1.06 bits per heavy atom. The summed E-state index contributed by atoms with van der Waals surface area (Å²) in [6.07, 6.45) is 7.61. The van der Waals surface area contributed by atoms with Crippen LogP contribution in [0, 0.1) is 18.6 Å². The van der Waals surface area contributed by atoms with Crippen molar-refractivity contribution in [3.05, 3.63) is 59.7 Å². The van der Waals surface area contributed by atoms with Crippen molar-refractivity contribution in [2.24, 2.45) is 0 Å². The molecular weight excluding hydrogens is 452 g/mol. The van der Waals surface area contributed by atoms with Gasteiger partial charge >= 0.3 is 0 Å². The van der Waals surface area contributed by atoms with Gasteiger partial charge < -0.3 is 9.64 Å². The van der Waals surface area contributed by atoms with Gasteiger partial charge in [0.2, 0.25) is 5.95 Å². The molecule has 8 nitrogen and oxygen atoms in total. The van der Waals surface area contributed by atoms with Gasteiger partial charge in [-0.05, 0) is 31.9 Å². The first kappa shape index (κ1) is 23.2. The Morgan fingerprint density at radius 3 is 2.66 bits per heavy atom. The van der Waals surface area contributed by atoms with E-state index >= 15 is 0 Å². The smallest absolute Gasteiger partial charge is 0.228 e. The maximum Gasteiger partial charge on any atom is 0.228 e. The van der Waals surface area contributed by atoms with Gasteiger partial charge in [0.25, 0.3) is 0 Å². The van der Waals surface area contributed by atoms with Crippen LogP contribution >= 0.6 is 0 Å². The first-order valence-electron chi connectivity index (χ1n) is 11.9. The summed E-state index contributed by atoms with van der Waals surface area (Å²) in [6.45, 7) is 7.39. The average Bonchev–Trinajstić information content (AvgIpc) is 3.61. The summed E-state index contributed by atoms with van der Waals surface area (Å²) < 4.78 is 36.2. The van der Waals surface area contributed by atoms with E-state index in [9.17, 15) is 8.78 Å². The van der Waals surface area contributed by atoms with Crippen LogP contribution in [0.25, 0.3) is 22.4 Å². The molecule has 0 spiro atoms. The third kappa shape index (κ3) is 4.70. The molecular formula is C25H27F2N7O. The topological polar surface area (TPSA) is 81.9 Å². The monoisotopic (exact) mass is 479 g/mol. The molecule has 0 radical (unpaired) electrons. The van der Waals surface area contributed by atoms with E-state index < -0.39 is 11.6 Å². The van der Waals surface area contributed by atoms with Crippen molar-refractivity contribution in [2.75, 3.05) is 24.6 Å². The number of benzene rings is 1. The molecule has 0 unspecified atom stereocenters. The third-order valence-corrected chi connectivity index (χ3v) is 5.97. The number of halogens is 2. The largest absolute Gasteiger partial charge is 0.370 e. The van der Waals surface area contributed by atoms with Gasteiger partial charge in [0, 0.05) is 36.1 Å². The average molecular weight is 480 g/mol. The number of ether oxygens (including phenoxy) is 1. The molecule has 10 heteroatoms. The lowest BCUT2D eigenvalue weighted by molar-refractivity contribution is 0.0392. The van der Waals surface area contributed by atoms with Crippen LogP contribution in [-0.4, -0.2) is 49.4 Å². The number of rotatable bonds is 4. The highest BCUT2D eigenvalue weighted by Gasteiger charge is 2.29. The molecule has 182 valence electrons. The van der Waals surface area contributed by atoms with E-state index in [-0.39, 0.29) is 17.4 Å². The van der Waals surface area contributed by atoms with E-state index in [4.69, 9.17) is 4.74 Å². The predicted octanol–water partition coefficient (Wildman–Crippen LogP) is 4.81. The molecule has 1 saturated carbocycles. The van der Waals surface area contributed by atoms with Crippen molar-refractivity contribution in [1.29, 1.82) is 0 Å². The number of aromatic nitrogens is 6. The van der Waals surface area contributed by atoms with Gasteiger partial charge in [-0.25, -0.2) is 23.7 Å². The predicted molar refractivity (Wildman–Crippen MR) is 128 cm³/mol. The van der Waals surface area contributed by atoms with Crippen molar-refractivity contribution in [3.8, 4) is 11.3 Å². The Bertz CT molecular complexity index is 1360. The summed E-state index contributed by atoms with van der Waals surface area (Å²) in [5.41, 5.74) is 2.86. The molecule has 1 aliphatic heterocycles. The van der Waals surface area contributed by atoms with Crippen LogP contribution in [0.4, 0.5) is 14.7 Å². The fraction of sp³-hybridized carbons (Fsp3) is 0.400. The summed E-state index contributed by atoms with van der Waals surface area (Å²) in [7, 11) is 0. The Balaban J connectivity index is 0.00000124. The number of morpholine rings is 1. The Labute approximate surface area is 202 Å². The molecule has 2 fully saturated rings. The lowest BCUT2D eigenvalue weighted by Gasteiger charge is -2.32. The van der Waals surface area contributed by atoms with Crippen LogP contribution in [0.5, 0.6) is 0 Å². The Kier molecular flexibility index (Phi) is 6.38. The van der Waals surface area contributed by atoms with Gasteiger partial charge in [-0.2, -0.15) is 10.1 Å². The molecule has 4 aromatic rings. The summed E-state index contributed by atoms with van der Waals surface area (Å²) in [6, 6.07) is 3.91. The van der Waals surface area contributed by atoms with E-state index in [1.54, 1.807) is 6.20 Å². The quantitative estimate of drug-likeness (QED) is 0.415.